The Balaban J connectivity index is 1.36. The fourth-order valence-electron chi connectivity index (χ4n) is 3.10. The van der Waals surface area contributed by atoms with Crippen LogP contribution in [0.5, 0.6) is 0 Å². The zero-order chi connectivity index (χ0) is 19.7. The molecule has 0 bridgehead atoms. The van der Waals surface area contributed by atoms with Crippen LogP contribution in [0, 0.1) is 0 Å². The number of nitrogens with one attached hydrogen (secondary N) is 5. The molecule has 5 N–H and O–H groups in total. The van der Waals surface area contributed by atoms with Crippen LogP contribution in [0.15, 0.2) is 41.2 Å². The Morgan fingerprint density at radius 1 is 0.964 bits per heavy atom. The van der Waals surface area contributed by atoms with Gasteiger partial charge in [-0.05, 0) is 48.4 Å². The van der Waals surface area contributed by atoms with Gasteiger partial charge in [-0.1, -0.05) is 0 Å². The molecular weight excluding hydrogens is 362 g/mol. The molecule has 2 heterocycles. The van der Waals surface area contributed by atoms with Gasteiger partial charge in [-0.3, -0.25) is 14.4 Å². The van der Waals surface area contributed by atoms with Gasteiger partial charge in [-0.25, -0.2) is 4.79 Å². The lowest BCUT2D eigenvalue weighted by molar-refractivity contribution is -0.116. The fraction of sp³-hybridized carbons (Fsp3) is 0.158. The second-order valence-electron chi connectivity index (χ2n) is 6.49. The monoisotopic (exact) mass is 379 g/mol. The van der Waals surface area contributed by atoms with E-state index in [0.29, 0.717) is 40.8 Å². The molecular formula is C19H17N5O4. The third kappa shape index (κ3) is 3.63. The van der Waals surface area contributed by atoms with Crippen LogP contribution in [0.1, 0.15) is 22.3 Å². The number of amides is 3. The molecule has 28 heavy (non-hydrogen) atoms. The maximum Gasteiger partial charge on any atom is 0.323 e. The Bertz CT molecular complexity index is 1160. The number of fused-ring (bicyclic) bond motifs is 2. The molecule has 4 rings (SSSR count). The number of hydrogen-bond donors (Lipinski definition) is 5. The van der Waals surface area contributed by atoms with Crippen LogP contribution in [-0.4, -0.2) is 34.2 Å². The number of aromatic amines is 2. The summed E-state index contributed by atoms with van der Waals surface area (Å²) >= 11 is 0. The third-order valence-electron chi connectivity index (χ3n) is 4.47. The number of H-pyrrole nitrogens is 2. The van der Waals surface area contributed by atoms with Gasteiger partial charge in [0.05, 0.1) is 17.6 Å². The van der Waals surface area contributed by atoms with E-state index >= 15 is 0 Å². The maximum atomic E-state index is 12.3. The van der Waals surface area contributed by atoms with E-state index in [0.717, 1.165) is 5.56 Å². The lowest BCUT2D eigenvalue weighted by atomic mass is 10.00. The molecule has 0 unspecified atom stereocenters. The van der Waals surface area contributed by atoms with Crippen LogP contribution in [0.3, 0.4) is 0 Å². The van der Waals surface area contributed by atoms with Crippen molar-refractivity contribution in [1.29, 1.82) is 0 Å². The highest BCUT2D eigenvalue weighted by Gasteiger charge is 2.17. The van der Waals surface area contributed by atoms with Gasteiger partial charge in [-0.2, -0.15) is 0 Å². The zero-order valence-electron chi connectivity index (χ0n) is 14.7. The van der Waals surface area contributed by atoms with Crippen molar-refractivity contribution < 1.29 is 14.4 Å². The molecule has 2 aromatic carbocycles. The number of carbonyl (C=O) groups excluding carboxylic acids is 3. The second kappa shape index (κ2) is 7.03. The quantitative estimate of drug-likeness (QED) is 0.464. The molecule has 0 saturated heterocycles. The van der Waals surface area contributed by atoms with Gasteiger partial charge in [0.15, 0.2) is 0 Å². The molecule has 1 aliphatic heterocycles. The van der Waals surface area contributed by atoms with Crippen LogP contribution in [0.25, 0.3) is 11.0 Å². The first kappa shape index (κ1) is 17.5. The topological polar surface area (TPSA) is 136 Å². The summed E-state index contributed by atoms with van der Waals surface area (Å²) < 4.78 is 0. The Morgan fingerprint density at radius 3 is 2.64 bits per heavy atom. The van der Waals surface area contributed by atoms with E-state index in [4.69, 9.17) is 0 Å². The van der Waals surface area contributed by atoms with E-state index in [2.05, 4.69) is 25.9 Å². The molecule has 0 radical (unpaired) electrons. The summed E-state index contributed by atoms with van der Waals surface area (Å²) in [5.74, 6) is -0.806. The average Bonchev–Trinajstić information content (AvgIpc) is 3.05. The summed E-state index contributed by atoms with van der Waals surface area (Å²) in [4.78, 5) is 52.3. The minimum Gasteiger partial charge on any atom is -0.343 e. The fourth-order valence-corrected chi connectivity index (χ4v) is 3.10. The van der Waals surface area contributed by atoms with Crippen LogP contribution in [0.2, 0.25) is 0 Å². The van der Waals surface area contributed by atoms with Gasteiger partial charge < -0.3 is 25.9 Å². The SMILES string of the molecule is O=C(CNC(=O)c1ccc2c(c1)CCC(=O)N2)Nc1ccc2[nH]c(=O)[nH]c2c1. The number of anilines is 2. The van der Waals surface area contributed by atoms with Crippen molar-refractivity contribution in [2.75, 3.05) is 17.2 Å². The van der Waals surface area contributed by atoms with Crippen molar-refractivity contribution in [3.8, 4) is 0 Å². The van der Waals surface area contributed by atoms with Crippen LogP contribution in [-0.2, 0) is 16.0 Å². The molecule has 9 nitrogen and oxygen atoms in total. The van der Waals surface area contributed by atoms with Crippen LogP contribution in [0.4, 0.5) is 11.4 Å². The number of rotatable bonds is 4. The first-order chi connectivity index (χ1) is 13.5. The summed E-state index contributed by atoms with van der Waals surface area (Å²) in [6.45, 7) is -0.200. The molecule has 142 valence electrons. The predicted molar refractivity (Wildman–Crippen MR) is 103 cm³/mol. The molecule has 0 saturated carbocycles. The highest BCUT2D eigenvalue weighted by atomic mass is 16.2. The van der Waals surface area contributed by atoms with Gasteiger partial charge in [0.1, 0.15) is 0 Å². The van der Waals surface area contributed by atoms with Gasteiger partial charge in [0, 0.05) is 23.4 Å². The van der Waals surface area contributed by atoms with E-state index in [9.17, 15) is 19.2 Å². The lowest BCUT2D eigenvalue weighted by Gasteiger charge is -2.17. The standard InChI is InChI=1S/C19H17N5O4/c25-16-6-2-10-7-11(1-4-13(10)22-16)18(27)20-9-17(26)21-12-3-5-14-15(8-12)24-19(28)23-14/h1,3-5,7-8H,2,6,9H2,(H,20,27)(H,21,26)(H,22,25)(H2,23,24,28). The zero-order valence-corrected chi connectivity index (χ0v) is 14.7. The lowest BCUT2D eigenvalue weighted by Crippen LogP contribution is -2.33. The first-order valence-corrected chi connectivity index (χ1v) is 8.71. The maximum absolute atomic E-state index is 12.3. The van der Waals surface area contributed by atoms with E-state index in [-0.39, 0.29) is 24.0 Å². The minimum atomic E-state index is -0.393. The van der Waals surface area contributed by atoms with E-state index < -0.39 is 5.91 Å². The van der Waals surface area contributed by atoms with Gasteiger partial charge in [-0.15, -0.1) is 0 Å². The number of carbonyl (C=O) groups is 3. The Morgan fingerprint density at radius 2 is 1.79 bits per heavy atom. The number of aryl methyl sites for hydroxylation is 1. The number of aromatic nitrogens is 2. The molecule has 0 spiro atoms. The van der Waals surface area contributed by atoms with Gasteiger partial charge >= 0.3 is 5.69 Å². The third-order valence-corrected chi connectivity index (χ3v) is 4.47. The molecule has 0 fully saturated rings. The highest BCUT2D eigenvalue weighted by Crippen LogP contribution is 2.23. The Hall–Kier alpha value is -3.88. The number of benzene rings is 2. The summed E-state index contributed by atoms with van der Waals surface area (Å²) in [6, 6.07) is 9.97. The molecule has 1 aliphatic rings. The van der Waals surface area contributed by atoms with Gasteiger partial charge in [0.2, 0.25) is 11.8 Å². The van der Waals surface area contributed by atoms with E-state index in [1.54, 1.807) is 36.4 Å². The normalized spacial score (nSPS) is 12.9. The van der Waals surface area contributed by atoms with Crippen molar-refractivity contribution in [2.45, 2.75) is 12.8 Å². The van der Waals surface area contributed by atoms with Crippen LogP contribution >= 0.6 is 0 Å². The summed E-state index contributed by atoms with van der Waals surface area (Å²) in [5, 5.41) is 8.00. The molecule has 0 aliphatic carbocycles. The summed E-state index contributed by atoms with van der Waals surface area (Å²) in [5.41, 5.74) is 3.43. The van der Waals surface area contributed by atoms with E-state index in [1.165, 1.54) is 0 Å². The van der Waals surface area contributed by atoms with Crippen molar-refractivity contribution >= 4 is 40.1 Å². The molecule has 1 aromatic heterocycles. The van der Waals surface area contributed by atoms with Crippen molar-refractivity contribution in [2.24, 2.45) is 0 Å². The van der Waals surface area contributed by atoms with Gasteiger partial charge in [0.25, 0.3) is 5.91 Å². The van der Waals surface area contributed by atoms with E-state index in [1.807, 2.05) is 0 Å². The molecule has 0 atom stereocenters. The molecule has 3 aromatic rings. The Kier molecular flexibility index (Phi) is 4.40. The highest BCUT2D eigenvalue weighted by molar-refractivity contribution is 6.01. The minimum absolute atomic E-state index is 0.0386. The second-order valence-corrected chi connectivity index (χ2v) is 6.49. The average molecular weight is 379 g/mol. The molecule has 3 amide bonds. The van der Waals surface area contributed by atoms with Crippen molar-refractivity contribution in [1.82, 2.24) is 15.3 Å². The summed E-state index contributed by atoms with van der Waals surface area (Å²) in [7, 11) is 0. The largest absolute Gasteiger partial charge is 0.343 e. The number of hydrogen-bond acceptors (Lipinski definition) is 4. The first-order valence-electron chi connectivity index (χ1n) is 8.71. The smallest absolute Gasteiger partial charge is 0.323 e. The van der Waals surface area contributed by atoms with Crippen molar-refractivity contribution in [3.05, 3.63) is 58.0 Å². The summed E-state index contributed by atoms with van der Waals surface area (Å²) in [6.07, 6.45) is 0.962. The number of imidazole rings is 1. The predicted octanol–water partition coefficient (Wildman–Crippen LogP) is 1.11. The Labute approximate surface area is 158 Å². The molecule has 9 heteroatoms. The van der Waals surface area contributed by atoms with Crippen molar-refractivity contribution in [3.63, 3.8) is 0 Å². The van der Waals surface area contributed by atoms with Crippen LogP contribution < -0.4 is 21.6 Å².